The Morgan fingerprint density at radius 1 is 1.05 bits per heavy atom. The van der Waals surface area contributed by atoms with Crippen LogP contribution in [0, 0.1) is 6.92 Å². The fourth-order valence-electron chi connectivity index (χ4n) is 2.40. The molecular weight excluding hydrogens is 264 g/mol. The number of hydrogen-bond donors (Lipinski definition) is 1. The molecule has 1 aromatic heterocycles. The average Bonchev–Trinajstić information content (AvgIpc) is 2.81. The van der Waals surface area contributed by atoms with E-state index >= 15 is 0 Å². The van der Waals surface area contributed by atoms with Gasteiger partial charge in [0.25, 0.3) is 0 Å². The van der Waals surface area contributed by atoms with Crippen molar-refractivity contribution in [1.29, 1.82) is 0 Å². The highest BCUT2D eigenvalue weighted by Crippen LogP contribution is 2.29. The predicted octanol–water partition coefficient (Wildman–Crippen LogP) is 4.37. The van der Waals surface area contributed by atoms with Gasteiger partial charge in [-0.2, -0.15) is 0 Å². The molecule has 1 N–H and O–H groups in total. The van der Waals surface area contributed by atoms with Crippen molar-refractivity contribution in [1.82, 2.24) is 0 Å². The minimum atomic E-state index is -0.953. The van der Waals surface area contributed by atoms with Gasteiger partial charge in [-0.25, -0.2) is 4.79 Å². The molecule has 21 heavy (non-hydrogen) atoms. The van der Waals surface area contributed by atoms with E-state index in [-0.39, 0.29) is 5.57 Å². The fraction of sp³-hybridized carbons (Fsp3) is 0.0556. The van der Waals surface area contributed by atoms with Gasteiger partial charge in [-0.05, 0) is 24.6 Å². The van der Waals surface area contributed by atoms with Gasteiger partial charge in [0.1, 0.15) is 11.3 Å². The van der Waals surface area contributed by atoms with E-state index in [1.807, 2.05) is 49.4 Å². The topological polar surface area (TPSA) is 50.4 Å². The third kappa shape index (κ3) is 2.46. The summed E-state index contributed by atoms with van der Waals surface area (Å²) in [7, 11) is 0. The molecule has 104 valence electrons. The standard InChI is InChI=1S/C18H14O3/c1-12-15(14-9-5-6-10-17(14)21-12)11-16(18(19)20)13-7-3-2-4-8-13/h2-11H,1H3,(H,19,20)/b16-11+. The molecule has 0 saturated heterocycles. The summed E-state index contributed by atoms with van der Waals surface area (Å²) in [4.78, 5) is 11.6. The van der Waals surface area contributed by atoms with Crippen LogP contribution in [-0.2, 0) is 4.79 Å². The van der Waals surface area contributed by atoms with Crippen LogP contribution in [0.1, 0.15) is 16.9 Å². The van der Waals surface area contributed by atoms with Crippen LogP contribution < -0.4 is 0 Å². The number of rotatable bonds is 3. The van der Waals surface area contributed by atoms with Gasteiger partial charge in [0.05, 0.1) is 5.57 Å². The predicted molar refractivity (Wildman–Crippen MR) is 82.9 cm³/mol. The van der Waals surface area contributed by atoms with Crippen molar-refractivity contribution in [3.05, 3.63) is 71.5 Å². The second kappa shape index (κ2) is 5.29. The second-order valence-corrected chi connectivity index (χ2v) is 4.80. The molecule has 0 fully saturated rings. The number of para-hydroxylation sites is 1. The number of hydrogen-bond acceptors (Lipinski definition) is 2. The third-order valence-corrected chi connectivity index (χ3v) is 3.42. The van der Waals surface area contributed by atoms with E-state index in [1.54, 1.807) is 18.2 Å². The van der Waals surface area contributed by atoms with Crippen molar-refractivity contribution in [2.45, 2.75) is 6.92 Å². The molecule has 0 aliphatic heterocycles. The molecule has 3 rings (SSSR count). The van der Waals surface area contributed by atoms with Gasteiger partial charge < -0.3 is 9.52 Å². The van der Waals surface area contributed by atoms with E-state index in [4.69, 9.17) is 4.42 Å². The number of carboxylic acids is 1. The molecule has 1 heterocycles. The number of furan rings is 1. The normalized spacial score (nSPS) is 11.8. The number of fused-ring (bicyclic) bond motifs is 1. The monoisotopic (exact) mass is 278 g/mol. The van der Waals surface area contributed by atoms with Crippen molar-refractivity contribution < 1.29 is 14.3 Å². The summed E-state index contributed by atoms with van der Waals surface area (Å²) in [6, 6.07) is 16.7. The second-order valence-electron chi connectivity index (χ2n) is 4.80. The molecular formula is C18H14O3. The van der Waals surface area contributed by atoms with Gasteiger partial charge in [0.2, 0.25) is 0 Å². The van der Waals surface area contributed by atoms with Gasteiger partial charge in [-0.3, -0.25) is 0 Å². The fourth-order valence-corrected chi connectivity index (χ4v) is 2.40. The quantitative estimate of drug-likeness (QED) is 0.724. The summed E-state index contributed by atoms with van der Waals surface area (Å²) in [6.45, 7) is 1.84. The molecule has 0 spiro atoms. The zero-order valence-electron chi connectivity index (χ0n) is 11.5. The lowest BCUT2D eigenvalue weighted by atomic mass is 10.0. The minimum absolute atomic E-state index is 0.255. The van der Waals surface area contributed by atoms with Gasteiger partial charge >= 0.3 is 5.97 Å². The third-order valence-electron chi connectivity index (χ3n) is 3.42. The largest absolute Gasteiger partial charge is 0.478 e. The highest BCUT2D eigenvalue weighted by molar-refractivity contribution is 6.21. The first-order chi connectivity index (χ1) is 10.2. The molecule has 0 amide bonds. The minimum Gasteiger partial charge on any atom is -0.478 e. The Hall–Kier alpha value is -2.81. The summed E-state index contributed by atoms with van der Waals surface area (Å²) < 4.78 is 5.68. The van der Waals surface area contributed by atoms with Crippen LogP contribution in [0.25, 0.3) is 22.6 Å². The first-order valence-electron chi connectivity index (χ1n) is 6.65. The summed E-state index contributed by atoms with van der Waals surface area (Å²) in [6.07, 6.45) is 1.68. The lowest BCUT2D eigenvalue weighted by molar-refractivity contribution is -0.130. The molecule has 0 atom stereocenters. The molecule has 3 heteroatoms. The van der Waals surface area contributed by atoms with Crippen molar-refractivity contribution in [3.63, 3.8) is 0 Å². The molecule has 0 bridgehead atoms. The summed E-state index contributed by atoms with van der Waals surface area (Å²) in [5, 5.41) is 10.4. The van der Waals surface area contributed by atoms with E-state index in [0.29, 0.717) is 11.3 Å². The van der Waals surface area contributed by atoms with Crippen molar-refractivity contribution in [2.24, 2.45) is 0 Å². The first kappa shape index (κ1) is 13.2. The lowest BCUT2D eigenvalue weighted by Crippen LogP contribution is -1.99. The maximum atomic E-state index is 11.6. The smallest absolute Gasteiger partial charge is 0.336 e. The Labute approximate surface area is 122 Å². The zero-order valence-corrected chi connectivity index (χ0v) is 11.5. The first-order valence-corrected chi connectivity index (χ1v) is 6.65. The summed E-state index contributed by atoms with van der Waals surface area (Å²) >= 11 is 0. The molecule has 0 radical (unpaired) electrons. The Balaban J connectivity index is 2.21. The van der Waals surface area contributed by atoms with Gasteiger partial charge in [0, 0.05) is 10.9 Å². The van der Waals surface area contributed by atoms with Crippen LogP contribution in [0.2, 0.25) is 0 Å². The number of carboxylic acid groups (broad SMARTS) is 1. The maximum Gasteiger partial charge on any atom is 0.336 e. The van der Waals surface area contributed by atoms with Gasteiger partial charge in [0.15, 0.2) is 0 Å². The van der Waals surface area contributed by atoms with E-state index < -0.39 is 5.97 Å². The molecule has 0 aliphatic carbocycles. The van der Waals surface area contributed by atoms with E-state index in [1.165, 1.54) is 0 Å². The Morgan fingerprint density at radius 2 is 1.71 bits per heavy atom. The van der Waals surface area contributed by atoms with Crippen molar-refractivity contribution in [2.75, 3.05) is 0 Å². The molecule has 0 aliphatic rings. The van der Waals surface area contributed by atoms with E-state index in [9.17, 15) is 9.90 Å². The molecule has 3 nitrogen and oxygen atoms in total. The molecule has 0 unspecified atom stereocenters. The Kier molecular flexibility index (Phi) is 3.32. The molecule has 0 saturated carbocycles. The van der Waals surface area contributed by atoms with Gasteiger partial charge in [-0.1, -0.05) is 48.5 Å². The van der Waals surface area contributed by atoms with Crippen LogP contribution in [-0.4, -0.2) is 11.1 Å². The number of aryl methyl sites for hydroxylation is 1. The number of benzene rings is 2. The van der Waals surface area contributed by atoms with Gasteiger partial charge in [-0.15, -0.1) is 0 Å². The van der Waals surface area contributed by atoms with E-state index in [2.05, 4.69) is 0 Å². The highest BCUT2D eigenvalue weighted by Gasteiger charge is 2.14. The Bertz CT molecular complexity index is 826. The summed E-state index contributed by atoms with van der Waals surface area (Å²) in [5.74, 6) is -0.239. The highest BCUT2D eigenvalue weighted by atomic mass is 16.4. The van der Waals surface area contributed by atoms with Crippen molar-refractivity contribution in [3.8, 4) is 0 Å². The lowest BCUT2D eigenvalue weighted by Gasteiger charge is -2.02. The number of carbonyl (C=O) groups is 1. The number of aliphatic carboxylic acids is 1. The van der Waals surface area contributed by atoms with Crippen LogP contribution >= 0.6 is 0 Å². The van der Waals surface area contributed by atoms with Crippen LogP contribution in [0.15, 0.2) is 59.0 Å². The van der Waals surface area contributed by atoms with Crippen LogP contribution in [0.4, 0.5) is 0 Å². The maximum absolute atomic E-state index is 11.6. The zero-order chi connectivity index (χ0) is 14.8. The van der Waals surface area contributed by atoms with Crippen LogP contribution in [0.3, 0.4) is 0 Å². The SMILES string of the molecule is Cc1oc2ccccc2c1/C=C(/C(=O)O)c1ccccc1. The van der Waals surface area contributed by atoms with E-state index in [0.717, 1.165) is 16.5 Å². The molecule has 3 aromatic rings. The molecule has 2 aromatic carbocycles. The van der Waals surface area contributed by atoms with Crippen LogP contribution in [0.5, 0.6) is 0 Å². The average molecular weight is 278 g/mol. The summed E-state index contributed by atoms with van der Waals surface area (Å²) in [5.41, 5.74) is 2.51. The Morgan fingerprint density at radius 3 is 2.43 bits per heavy atom. The van der Waals surface area contributed by atoms with Crippen molar-refractivity contribution >= 4 is 28.6 Å².